The van der Waals surface area contributed by atoms with Crippen LogP contribution in [0, 0.1) is 0 Å². The normalized spacial score (nSPS) is 15.3. The zero-order chi connectivity index (χ0) is 18.8. The maximum absolute atomic E-state index is 12.8. The predicted octanol–water partition coefficient (Wildman–Crippen LogP) is 2.66. The number of halogens is 1. The van der Waals surface area contributed by atoms with Crippen molar-refractivity contribution in [2.45, 2.75) is 6.54 Å². The minimum absolute atomic E-state index is 0.0193. The molecular formula is C20H22BrN5O. The van der Waals surface area contributed by atoms with Crippen LogP contribution in [0.25, 0.3) is 5.69 Å². The summed E-state index contributed by atoms with van der Waals surface area (Å²) in [5.41, 5.74) is 3.07. The highest BCUT2D eigenvalue weighted by atomic mass is 79.9. The van der Waals surface area contributed by atoms with E-state index in [-0.39, 0.29) is 5.56 Å². The van der Waals surface area contributed by atoms with Crippen LogP contribution in [0.2, 0.25) is 0 Å². The number of aromatic nitrogens is 3. The van der Waals surface area contributed by atoms with Gasteiger partial charge in [0.1, 0.15) is 4.47 Å². The smallest absolute Gasteiger partial charge is 0.286 e. The quantitative estimate of drug-likeness (QED) is 0.641. The zero-order valence-corrected chi connectivity index (χ0v) is 16.8. The molecule has 2 aromatic heterocycles. The molecule has 0 bridgehead atoms. The largest absolute Gasteiger partial charge is 0.369 e. The van der Waals surface area contributed by atoms with Crippen molar-refractivity contribution in [2.24, 2.45) is 7.05 Å². The molecule has 3 aromatic rings. The number of rotatable bonds is 4. The van der Waals surface area contributed by atoms with Gasteiger partial charge in [-0.3, -0.25) is 19.4 Å². The maximum atomic E-state index is 12.8. The highest BCUT2D eigenvalue weighted by Gasteiger charge is 2.22. The maximum Gasteiger partial charge on any atom is 0.286 e. The van der Waals surface area contributed by atoms with Gasteiger partial charge in [-0.15, -0.1) is 0 Å². The Kier molecular flexibility index (Phi) is 5.13. The summed E-state index contributed by atoms with van der Waals surface area (Å²) in [6, 6.07) is 13.8. The van der Waals surface area contributed by atoms with Gasteiger partial charge in [0.05, 0.1) is 11.4 Å². The first-order chi connectivity index (χ1) is 13.1. The molecule has 0 N–H and O–H groups in total. The lowest BCUT2D eigenvalue weighted by molar-refractivity contribution is 0.242. The molecule has 1 fully saturated rings. The van der Waals surface area contributed by atoms with Gasteiger partial charge in [0.25, 0.3) is 5.56 Å². The summed E-state index contributed by atoms with van der Waals surface area (Å²) in [7, 11) is 1.95. The zero-order valence-electron chi connectivity index (χ0n) is 15.3. The van der Waals surface area contributed by atoms with Crippen molar-refractivity contribution < 1.29 is 0 Å². The van der Waals surface area contributed by atoms with E-state index >= 15 is 0 Å². The molecular weight excluding hydrogens is 406 g/mol. The van der Waals surface area contributed by atoms with Crippen molar-refractivity contribution in [2.75, 3.05) is 31.1 Å². The topological polar surface area (TPSA) is 46.3 Å². The number of pyridine rings is 1. The van der Waals surface area contributed by atoms with Gasteiger partial charge in [-0.25, -0.2) is 4.68 Å². The third kappa shape index (κ3) is 3.57. The van der Waals surface area contributed by atoms with Crippen LogP contribution in [0.4, 0.5) is 5.69 Å². The monoisotopic (exact) mass is 427 g/mol. The number of nitrogens with zero attached hydrogens (tertiary/aromatic N) is 5. The van der Waals surface area contributed by atoms with Crippen LogP contribution in [-0.2, 0) is 13.6 Å². The first-order valence-corrected chi connectivity index (χ1v) is 9.83. The number of benzene rings is 1. The van der Waals surface area contributed by atoms with E-state index in [9.17, 15) is 4.79 Å². The van der Waals surface area contributed by atoms with E-state index in [1.54, 1.807) is 4.68 Å². The minimum atomic E-state index is -0.0193. The molecule has 0 atom stereocenters. The van der Waals surface area contributed by atoms with E-state index in [4.69, 9.17) is 0 Å². The van der Waals surface area contributed by atoms with Crippen LogP contribution in [0.15, 0.2) is 64.1 Å². The second-order valence-electron chi connectivity index (χ2n) is 6.71. The molecule has 1 saturated heterocycles. The summed E-state index contributed by atoms with van der Waals surface area (Å²) in [6.45, 7) is 4.60. The van der Waals surface area contributed by atoms with Crippen molar-refractivity contribution in [3.8, 4) is 5.69 Å². The van der Waals surface area contributed by atoms with E-state index < -0.39 is 0 Å². The van der Waals surface area contributed by atoms with Crippen LogP contribution < -0.4 is 10.5 Å². The van der Waals surface area contributed by atoms with Crippen molar-refractivity contribution in [1.29, 1.82) is 0 Å². The Morgan fingerprint density at radius 2 is 1.63 bits per heavy atom. The van der Waals surface area contributed by atoms with Gasteiger partial charge < -0.3 is 4.90 Å². The number of hydrogen-bond acceptors (Lipinski definition) is 4. The van der Waals surface area contributed by atoms with Gasteiger partial charge in [-0.1, -0.05) is 18.2 Å². The molecule has 1 aliphatic rings. The molecule has 140 valence electrons. The van der Waals surface area contributed by atoms with Gasteiger partial charge in [-0.05, 0) is 40.2 Å². The van der Waals surface area contributed by atoms with Crippen molar-refractivity contribution >= 4 is 21.6 Å². The van der Waals surface area contributed by atoms with Crippen LogP contribution in [0.1, 0.15) is 5.69 Å². The van der Waals surface area contributed by atoms with Gasteiger partial charge >= 0.3 is 0 Å². The second-order valence-corrected chi connectivity index (χ2v) is 7.50. The Labute approximate surface area is 166 Å². The fourth-order valence-corrected chi connectivity index (χ4v) is 4.13. The van der Waals surface area contributed by atoms with E-state index in [0.717, 1.165) is 44.1 Å². The Hall–Kier alpha value is -2.38. The molecule has 3 heterocycles. The molecule has 27 heavy (non-hydrogen) atoms. The van der Waals surface area contributed by atoms with E-state index in [2.05, 4.69) is 42.8 Å². The lowest BCUT2D eigenvalue weighted by Crippen LogP contribution is -2.46. The summed E-state index contributed by atoms with van der Waals surface area (Å²) >= 11 is 3.53. The third-order valence-corrected chi connectivity index (χ3v) is 5.90. The molecule has 4 rings (SSSR count). The van der Waals surface area contributed by atoms with Gasteiger partial charge in [-0.2, -0.15) is 0 Å². The van der Waals surface area contributed by atoms with Gasteiger partial charge in [0, 0.05) is 57.9 Å². The molecule has 0 unspecified atom stereocenters. The standard InChI is InChI=1S/C20H22BrN5O/c1-23-18(19(21)20(27)26(23)17-5-3-2-4-6-17)15-24-11-13-25(14-12-24)16-7-9-22-10-8-16/h2-10H,11-15H2,1H3. The van der Waals surface area contributed by atoms with Crippen molar-refractivity contribution in [3.63, 3.8) is 0 Å². The molecule has 0 amide bonds. The molecule has 1 aromatic carbocycles. The van der Waals surface area contributed by atoms with E-state index in [1.807, 2.05) is 54.5 Å². The number of anilines is 1. The first-order valence-electron chi connectivity index (χ1n) is 9.04. The van der Waals surface area contributed by atoms with Crippen molar-refractivity contribution in [1.82, 2.24) is 19.2 Å². The molecule has 7 heteroatoms. The Bertz CT molecular complexity index is 959. The number of para-hydroxylation sites is 1. The summed E-state index contributed by atoms with van der Waals surface area (Å²) in [5.74, 6) is 0. The van der Waals surface area contributed by atoms with Crippen LogP contribution in [0.5, 0.6) is 0 Å². The molecule has 0 spiro atoms. The molecule has 0 saturated carbocycles. The van der Waals surface area contributed by atoms with Gasteiger partial charge in [0.15, 0.2) is 0 Å². The average molecular weight is 428 g/mol. The second kappa shape index (κ2) is 7.70. The predicted molar refractivity (Wildman–Crippen MR) is 110 cm³/mol. The highest BCUT2D eigenvalue weighted by Crippen LogP contribution is 2.20. The van der Waals surface area contributed by atoms with Crippen LogP contribution >= 0.6 is 15.9 Å². The Balaban J connectivity index is 1.50. The fourth-order valence-electron chi connectivity index (χ4n) is 3.58. The molecule has 1 aliphatic heterocycles. The number of hydrogen-bond donors (Lipinski definition) is 0. The van der Waals surface area contributed by atoms with Crippen LogP contribution in [0.3, 0.4) is 0 Å². The summed E-state index contributed by atoms with van der Waals surface area (Å²) in [6.07, 6.45) is 3.67. The number of piperazine rings is 1. The van der Waals surface area contributed by atoms with Gasteiger partial charge in [0.2, 0.25) is 0 Å². The van der Waals surface area contributed by atoms with E-state index in [1.165, 1.54) is 5.69 Å². The summed E-state index contributed by atoms with van der Waals surface area (Å²) < 4.78 is 4.31. The summed E-state index contributed by atoms with van der Waals surface area (Å²) in [5, 5.41) is 0. The minimum Gasteiger partial charge on any atom is -0.369 e. The molecule has 6 nitrogen and oxygen atoms in total. The van der Waals surface area contributed by atoms with Crippen molar-refractivity contribution in [3.05, 3.63) is 75.4 Å². The highest BCUT2D eigenvalue weighted by molar-refractivity contribution is 9.10. The third-order valence-electron chi connectivity index (χ3n) is 5.10. The average Bonchev–Trinajstić information content (AvgIpc) is 2.93. The van der Waals surface area contributed by atoms with Crippen LogP contribution in [-0.4, -0.2) is 45.4 Å². The Morgan fingerprint density at radius 1 is 0.963 bits per heavy atom. The SMILES string of the molecule is Cn1c(CN2CCN(c3ccncc3)CC2)c(Br)c(=O)n1-c1ccccc1. The fraction of sp³-hybridized carbons (Fsp3) is 0.300. The van der Waals surface area contributed by atoms with E-state index in [0.29, 0.717) is 4.47 Å². The lowest BCUT2D eigenvalue weighted by atomic mass is 10.2. The first kappa shape index (κ1) is 18.0. The summed E-state index contributed by atoms with van der Waals surface area (Å²) in [4.78, 5) is 21.6. The Morgan fingerprint density at radius 3 is 2.30 bits per heavy atom. The molecule has 0 radical (unpaired) electrons. The molecule has 0 aliphatic carbocycles. The lowest BCUT2D eigenvalue weighted by Gasteiger charge is -2.36.